The van der Waals surface area contributed by atoms with Gasteiger partial charge in [0.1, 0.15) is 17.0 Å². The minimum Gasteiger partial charge on any atom is -0.352 e. The summed E-state index contributed by atoms with van der Waals surface area (Å²) >= 11 is 1.62. The number of aromatic nitrogens is 2. The van der Waals surface area contributed by atoms with Crippen molar-refractivity contribution in [2.45, 2.75) is 32.2 Å². The van der Waals surface area contributed by atoms with Crippen LogP contribution in [0.2, 0.25) is 0 Å². The third kappa shape index (κ3) is 3.16. The predicted octanol–water partition coefficient (Wildman–Crippen LogP) is 1.86. The number of amides is 1. The summed E-state index contributed by atoms with van der Waals surface area (Å²) in [5, 5.41) is 3.12. The number of nitrogens with zero attached hydrogens (tertiary/aromatic N) is 4. The zero-order chi connectivity index (χ0) is 16.4. The molecule has 7 heteroatoms. The van der Waals surface area contributed by atoms with Crippen molar-refractivity contribution < 1.29 is 4.79 Å². The summed E-state index contributed by atoms with van der Waals surface area (Å²) in [7, 11) is 0. The summed E-state index contributed by atoms with van der Waals surface area (Å²) in [6, 6.07) is 2.06. The maximum absolute atomic E-state index is 12.6. The lowest BCUT2D eigenvalue weighted by Gasteiger charge is -2.39. The molecule has 1 saturated heterocycles. The summed E-state index contributed by atoms with van der Waals surface area (Å²) in [5.74, 6) is 1.02. The van der Waals surface area contributed by atoms with Gasteiger partial charge in [-0.2, -0.15) is 0 Å². The standard InChI is InChI=1S/C16H23N5OS/c1-3-5-16(2,17)15(22)21-8-6-20(7-9-21)13-12-4-10-23-14(12)19-11-18-13/h4,10-11H,3,5-9,17H2,1-2H3. The first-order chi connectivity index (χ1) is 11.0. The van der Waals surface area contributed by atoms with Gasteiger partial charge in [-0.1, -0.05) is 13.3 Å². The first-order valence-corrected chi connectivity index (χ1v) is 8.92. The molecule has 1 atom stereocenters. The third-order valence-electron chi connectivity index (χ3n) is 4.37. The summed E-state index contributed by atoms with van der Waals surface area (Å²) in [4.78, 5) is 26.4. The number of thiophene rings is 1. The first-order valence-electron chi connectivity index (χ1n) is 8.04. The maximum Gasteiger partial charge on any atom is 0.242 e. The first kappa shape index (κ1) is 16.1. The van der Waals surface area contributed by atoms with E-state index in [4.69, 9.17) is 5.73 Å². The Kier molecular flexibility index (Phi) is 4.50. The van der Waals surface area contributed by atoms with Crippen molar-refractivity contribution >= 4 is 33.3 Å². The molecular weight excluding hydrogens is 310 g/mol. The molecule has 1 amide bonds. The van der Waals surface area contributed by atoms with Gasteiger partial charge in [0, 0.05) is 26.2 Å². The van der Waals surface area contributed by atoms with Crippen molar-refractivity contribution in [1.29, 1.82) is 0 Å². The van der Waals surface area contributed by atoms with Gasteiger partial charge in [0.2, 0.25) is 5.91 Å². The van der Waals surface area contributed by atoms with Crippen LogP contribution < -0.4 is 10.6 Å². The second kappa shape index (κ2) is 6.41. The largest absolute Gasteiger partial charge is 0.352 e. The van der Waals surface area contributed by atoms with E-state index in [0.717, 1.165) is 35.5 Å². The normalized spacial score (nSPS) is 18.2. The average Bonchev–Trinajstić information content (AvgIpc) is 3.03. The molecule has 2 N–H and O–H groups in total. The topological polar surface area (TPSA) is 75.4 Å². The van der Waals surface area contributed by atoms with Crippen molar-refractivity contribution in [2.75, 3.05) is 31.1 Å². The van der Waals surface area contributed by atoms with Crippen LogP contribution in [0.3, 0.4) is 0 Å². The fraction of sp³-hybridized carbons (Fsp3) is 0.562. The number of anilines is 1. The smallest absolute Gasteiger partial charge is 0.242 e. The molecular formula is C16H23N5OS. The summed E-state index contributed by atoms with van der Waals surface area (Å²) in [6.45, 7) is 6.81. The van der Waals surface area contributed by atoms with Gasteiger partial charge in [-0.05, 0) is 24.8 Å². The molecule has 0 aromatic carbocycles. The number of hydrogen-bond donors (Lipinski definition) is 1. The van der Waals surface area contributed by atoms with Crippen molar-refractivity contribution in [3.05, 3.63) is 17.8 Å². The van der Waals surface area contributed by atoms with Gasteiger partial charge in [-0.15, -0.1) is 11.3 Å². The summed E-state index contributed by atoms with van der Waals surface area (Å²) in [6.07, 6.45) is 3.24. The molecule has 0 radical (unpaired) electrons. The molecule has 2 aromatic heterocycles. The highest BCUT2D eigenvalue weighted by Crippen LogP contribution is 2.27. The van der Waals surface area contributed by atoms with Crippen LogP contribution in [0.5, 0.6) is 0 Å². The van der Waals surface area contributed by atoms with E-state index >= 15 is 0 Å². The van der Waals surface area contributed by atoms with Gasteiger partial charge in [0.15, 0.2) is 0 Å². The van der Waals surface area contributed by atoms with E-state index in [1.807, 2.05) is 17.2 Å². The molecule has 1 fully saturated rings. The van der Waals surface area contributed by atoms with Crippen LogP contribution in [0.25, 0.3) is 10.2 Å². The van der Waals surface area contributed by atoms with Gasteiger partial charge >= 0.3 is 0 Å². The van der Waals surface area contributed by atoms with Crippen LogP contribution in [0, 0.1) is 0 Å². The SMILES string of the molecule is CCCC(C)(N)C(=O)N1CCN(c2ncnc3sccc23)CC1. The van der Waals surface area contributed by atoms with Crippen LogP contribution in [-0.2, 0) is 4.79 Å². The van der Waals surface area contributed by atoms with Crippen molar-refractivity contribution in [1.82, 2.24) is 14.9 Å². The van der Waals surface area contributed by atoms with Crippen molar-refractivity contribution in [2.24, 2.45) is 5.73 Å². The Hall–Kier alpha value is -1.73. The highest BCUT2D eigenvalue weighted by Gasteiger charge is 2.33. The molecule has 6 nitrogen and oxygen atoms in total. The molecule has 124 valence electrons. The van der Waals surface area contributed by atoms with Crippen LogP contribution in [0.15, 0.2) is 17.8 Å². The summed E-state index contributed by atoms with van der Waals surface area (Å²) < 4.78 is 0. The number of piperazine rings is 1. The van der Waals surface area contributed by atoms with Gasteiger partial charge < -0.3 is 15.5 Å². The van der Waals surface area contributed by atoms with Gasteiger partial charge in [-0.3, -0.25) is 4.79 Å². The highest BCUT2D eigenvalue weighted by molar-refractivity contribution is 7.16. The van der Waals surface area contributed by atoms with E-state index in [0.29, 0.717) is 19.5 Å². The van der Waals surface area contributed by atoms with Gasteiger partial charge in [-0.25, -0.2) is 9.97 Å². The second-order valence-corrected chi connectivity index (χ2v) is 7.18. The van der Waals surface area contributed by atoms with E-state index in [1.165, 1.54) is 0 Å². The zero-order valence-electron chi connectivity index (χ0n) is 13.7. The lowest BCUT2D eigenvalue weighted by molar-refractivity contribution is -0.137. The molecule has 0 aliphatic carbocycles. The fourth-order valence-electron chi connectivity index (χ4n) is 3.14. The number of hydrogen-bond acceptors (Lipinski definition) is 6. The van der Waals surface area contributed by atoms with E-state index in [2.05, 4.69) is 27.9 Å². The molecule has 1 aliphatic rings. The van der Waals surface area contributed by atoms with E-state index in [1.54, 1.807) is 17.7 Å². The van der Waals surface area contributed by atoms with E-state index < -0.39 is 5.54 Å². The molecule has 1 unspecified atom stereocenters. The van der Waals surface area contributed by atoms with Crippen LogP contribution in [0.4, 0.5) is 5.82 Å². The Morgan fingerprint density at radius 1 is 1.35 bits per heavy atom. The van der Waals surface area contributed by atoms with Crippen LogP contribution in [-0.4, -0.2) is 52.5 Å². The molecule has 3 rings (SSSR count). The Morgan fingerprint density at radius 2 is 2.09 bits per heavy atom. The Labute approximate surface area is 140 Å². The van der Waals surface area contributed by atoms with Gasteiger partial charge in [0.05, 0.1) is 10.9 Å². The molecule has 0 saturated carbocycles. The second-order valence-electron chi connectivity index (χ2n) is 6.28. The number of carbonyl (C=O) groups is 1. The molecule has 2 aromatic rings. The van der Waals surface area contributed by atoms with Gasteiger partial charge in [0.25, 0.3) is 0 Å². The van der Waals surface area contributed by atoms with Crippen molar-refractivity contribution in [3.63, 3.8) is 0 Å². The predicted molar refractivity (Wildman–Crippen MR) is 93.7 cm³/mol. The minimum atomic E-state index is -0.757. The van der Waals surface area contributed by atoms with Crippen molar-refractivity contribution in [3.8, 4) is 0 Å². The lowest BCUT2D eigenvalue weighted by atomic mass is 9.95. The maximum atomic E-state index is 12.6. The Balaban J connectivity index is 1.69. The Morgan fingerprint density at radius 3 is 2.78 bits per heavy atom. The quantitative estimate of drug-likeness (QED) is 0.924. The lowest BCUT2D eigenvalue weighted by Crippen LogP contribution is -2.58. The molecule has 0 spiro atoms. The van der Waals surface area contributed by atoms with Crippen LogP contribution in [0.1, 0.15) is 26.7 Å². The van der Waals surface area contributed by atoms with Crippen LogP contribution >= 0.6 is 11.3 Å². The molecule has 3 heterocycles. The molecule has 1 aliphatic heterocycles. The number of nitrogens with two attached hydrogens (primary N) is 1. The minimum absolute atomic E-state index is 0.0577. The van der Waals surface area contributed by atoms with E-state index in [9.17, 15) is 4.79 Å². The number of rotatable bonds is 4. The van der Waals surface area contributed by atoms with E-state index in [-0.39, 0.29) is 5.91 Å². The highest BCUT2D eigenvalue weighted by atomic mass is 32.1. The number of fused-ring (bicyclic) bond motifs is 1. The zero-order valence-corrected chi connectivity index (χ0v) is 14.5. The number of carbonyl (C=O) groups excluding carboxylic acids is 1. The monoisotopic (exact) mass is 333 g/mol. The Bertz CT molecular complexity index is 691. The molecule has 23 heavy (non-hydrogen) atoms. The molecule has 0 bridgehead atoms. The third-order valence-corrected chi connectivity index (χ3v) is 5.19. The fourth-order valence-corrected chi connectivity index (χ4v) is 3.87. The average molecular weight is 333 g/mol. The summed E-state index contributed by atoms with van der Waals surface area (Å²) in [5.41, 5.74) is 5.43.